The zero-order chi connectivity index (χ0) is 21.0. The summed E-state index contributed by atoms with van der Waals surface area (Å²) >= 11 is 0. The number of carbonyl (C=O) groups is 1. The average molecular weight is 397 g/mol. The number of H-pyrrole nitrogens is 1. The highest BCUT2D eigenvalue weighted by Crippen LogP contribution is 2.10. The predicted octanol–water partition coefficient (Wildman–Crippen LogP) is 2.01. The molecule has 2 N–H and O–H groups in total. The smallest absolute Gasteiger partial charge is 0.330 e. The fourth-order valence-electron chi connectivity index (χ4n) is 3.16. The normalized spacial score (nSPS) is 11.3. The Kier molecular flexibility index (Phi) is 6.31. The molecule has 0 aliphatic heterocycles. The first-order valence-electron chi connectivity index (χ1n) is 9.91. The molecule has 8 nitrogen and oxygen atoms in total. The van der Waals surface area contributed by atoms with Crippen LogP contribution in [0.3, 0.4) is 0 Å². The van der Waals surface area contributed by atoms with Crippen molar-refractivity contribution in [2.75, 3.05) is 0 Å². The number of aromatic nitrogens is 4. The summed E-state index contributed by atoms with van der Waals surface area (Å²) in [6.07, 6.45) is 2.98. The molecule has 2 heterocycles. The number of aromatic amines is 1. The zero-order valence-corrected chi connectivity index (χ0v) is 17.1. The molecule has 8 heteroatoms. The quantitative estimate of drug-likeness (QED) is 0.607. The fraction of sp³-hybridized carbons (Fsp3) is 0.429. The molecule has 0 bridgehead atoms. The molecule has 0 unspecified atom stereocenters. The third kappa shape index (κ3) is 4.82. The van der Waals surface area contributed by atoms with Crippen LogP contribution >= 0.6 is 0 Å². The van der Waals surface area contributed by atoms with Crippen molar-refractivity contribution in [3.8, 4) is 0 Å². The predicted molar refractivity (Wildman–Crippen MR) is 112 cm³/mol. The van der Waals surface area contributed by atoms with E-state index in [-0.39, 0.29) is 5.91 Å². The lowest BCUT2D eigenvalue weighted by Gasteiger charge is -2.09. The first-order chi connectivity index (χ1) is 13.9. The van der Waals surface area contributed by atoms with Gasteiger partial charge >= 0.3 is 5.69 Å². The third-order valence-corrected chi connectivity index (χ3v) is 4.90. The lowest BCUT2D eigenvalue weighted by atomic mass is 10.1. The van der Waals surface area contributed by atoms with Crippen molar-refractivity contribution in [1.82, 2.24) is 24.4 Å². The van der Waals surface area contributed by atoms with Crippen molar-refractivity contribution in [2.24, 2.45) is 5.92 Å². The second-order valence-electron chi connectivity index (χ2n) is 7.57. The number of hydrogen-bond donors (Lipinski definition) is 2. The molecule has 0 saturated heterocycles. The van der Waals surface area contributed by atoms with E-state index in [4.69, 9.17) is 0 Å². The number of imidazole rings is 1. The van der Waals surface area contributed by atoms with Gasteiger partial charge in [-0.25, -0.2) is 9.78 Å². The van der Waals surface area contributed by atoms with Gasteiger partial charge in [0.1, 0.15) is 0 Å². The van der Waals surface area contributed by atoms with Crippen molar-refractivity contribution in [1.29, 1.82) is 0 Å². The van der Waals surface area contributed by atoms with Crippen molar-refractivity contribution in [3.05, 3.63) is 62.6 Å². The summed E-state index contributed by atoms with van der Waals surface area (Å²) < 4.78 is 3.18. The number of amides is 1. The molecule has 2 aromatic heterocycles. The van der Waals surface area contributed by atoms with Gasteiger partial charge < -0.3 is 9.88 Å². The largest absolute Gasteiger partial charge is 0.352 e. The molecule has 3 rings (SSSR count). The molecule has 0 saturated carbocycles. The number of aryl methyl sites for hydroxylation is 1. The molecular weight excluding hydrogens is 370 g/mol. The van der Waals surface area contributed by atoms with E-state index in [0.717, 1.165) is 17.5 Å². The number of nitrogens with one attached hydrogen (secondary N) is 2. The summed E-state index contributed by atoms with van der Waals surface area (Å²) in [6.45, 7) is 7.47. The van der Waals surface area contributed by atoms with Crippen LogP contribution in [-0.2, 0) is 24.4 Å². The van der Waals surface area contributed by atoms with Gasteiger partial charge in [-0.1, -0.05) is 38.1 Å². The minimum absolute atomic E-state index is 0.0523. The first-order valence-corrected chi connectivity index (χ1v) is 9.91. The maximum atomic E-state index is 12.3. The molecule has 0 radical (unpaired) electrons. The van der Waals surface area contributed by atoms with E-state index in [1.807, 2.05) is 31.2 Å². The molecule has 1 aromatic carbocycles. The van der Waals surface area contributed by atoms with Crippen LogP contribution in [0.15, 0.2) is 40.2 Å². The topological polar surface area (TPSA) is 102 Å². The van der Waals surface area contributed by atoms with Gasteiger partial charge in [0.25, 0.3) is 5.56 Å². The maximum Gasteiger partial charge on any atom is 0.330 e. The number of nitrogens with zero attached hydrogens (tertiary/aromatic N) is 3. The summed E-state index contributed by atoms with van der Waals surface area (Å²) in [5.74, 6) is 0.558. The fourth-order valence-corrected chi connectivity index (χ4v) is 3.16. The van der Waals surface area contributed by atoms with Crippen molar-refractivity contribution >= 4 is 17.1 Å². The van der Waals surface area contributed by atoms with E-state index in [0.29, 0.717) is 43.1 Å². The van der Waals surface area contributed by atoms with Crippen LogP contribution in [0.5, 0.6) is 0 Å². The SMILES string of the molecule is CCn1cnc2c1c(=O)[nH]c(=O)n2Cc1ccc(CNC(=O)CCC(C)C)cc1. The van der Waals surface area contributed by atoms with Gasteiger partial charge in [-0.05, 0) is 30.4 Å². The molecule has 0 fully saturated rings. The second-order valence-corrected chi connectivity index (χ2v) is 7.57. The molecule has 0 aliphatic rings. The van der Waals surface area contributed by atoms with Crippen molar-refractivity contribution < 1.29 is 4.79 Å². The second kappa shape index (κ2) is 8.89. The standard InChI is InChI=1S/C21H27N5O3/c1-4-25-13-23-19-18(25)20(28)24-21(29)26(19)12-16-8-6-15(7-9-16)11-22-17(27)10-5-14(2)3/h6-9,13-14H,4-5,10-12H2,1-3H3,(H,22,27)(H,24,28,29). The van der Waals surface area contributed by atoms with Crippen molar-refractivity contribution in [2.45, 2.75) is 53.2 Å². The number of carbonyl (C=O) groups excluding carboxylic acids is 1. The van der Waals surface area contributed by atoms with Gasteiger partial charge in [0.05, 0.1) is 12.9 Å². The minimum atomic E-state index is -0.481. The highest BCUT2D eigenvalue weighted by Gasteiger charge is 2.13. The number of rotatable bonds is 8. The number of hydrogen-bond acceptors (Lipinski definition) is 4. The average Bonchev–Trinajstić information content (AvgIpc) is 3.13. The van der Waals surface area contributed by atoms with Crippen LogP contribution in [0.1, 0.15) is 44.7 Å². The zero-order valence-electron chi connectivity index (χ0n) is 17.1. The lowest BCUT2D eigenvalue weighted by Crippen LogP contribution is -2.31. The lowest BCUT2D eigenvalue weighted by molar-refractivity contribution is -0.121. The van der Waals surface area contributed by atoms with Gasteiger partial charge in [0, 0.05) is 19.5 Å². The van der Waals surface area contributed by atoms with Gasteiger partial charge in [-0.2, -0.15) is 0 Å². The summed E-state index contributed by atoms with van der Waals surface area (Å²) in [5.41, 5.74) is 1.76. The molecular formula is C21H27N5O3. The van der Waals surface area contributed by atoms with E-state index in [1.165, 1.54) is 4.57 Å². The minimum Gasteiger partial charge on any atom is -0.352 e. The van der Waals surface area contributed by atoms with Crippen LogP contribution in [0.4, 0.5) is 0 Å². The van der Waals surface area contributed by atoms with Crippen LogP contribution in [-0.4, -0.2) is 25.0 Å². The van der Waals surface area contributed by atoms with Crippen LogP contribution in [0.2, 0.25) is 0 Å². The Labute approximate surface area is 168 Å². The Balaban J connectivity index is 1.72. The Morgan fingerprint density at radius 1 is 1.17 bits per heavy atom. The van der Waals surface area contributed by atoms with Gasteiger partial charge in [0.15, 0.2) is 11.2 Å². The summed E-state index contributed by atoms with van der Waals surface area (Å²) in [7, 11) is 0. The summed E-state index contributed by atoms with van der Waals surface area (Å²) in [4.78, 5) is 42.9. The highest BCUT2D eigenvalue weighted by molar-refractivity contribution is 5.75. The first kappa shape index (κ1) is 20.6. The van der Waals surface area contributed by atoms with E-state index in [2.05, 4.69) is 29.1 Å². The molecule has 0 spiro atoms. The highest BCUT2D eigenvalue weighted by atomic mass is 16.2. The van der Waals surface area contributed by atoms with Crippen LogP contribution in [0.25, 0.3) is 11.2 Å². The van der Waals surface area contributed by atoms with E-state index in [1.54, 1.807) is 10.9 Å². The Morgan fingerprint density at radius 2 is 1.86 bits per heavy atom. The Hall–Kier alpha value is -3.16. The number of fused-ring (bicyclic) bond motifs is 1. The van der Waals surface area contributed by atoms with E-state index in [9.17, 15) is 14.4 Å². The van der Waals surface area contributed by atoms with Gasteiger partial charge in [0.2, 0.25) is 5.91 Å². The van der Waals surface area contributed by atoms with Crippen molar-refractivity contribution in [3.63, 3.8) is 0 Å². The monoisotopic (exact) mass is 397 g/mol. The molecule has 0 atom stereocenters. The van der Waals surface area contributed by atoms with Crippen LogP contribution in [0, 0.1) is 5.92 Å². The maximum absolute atomic E-state index is 12.3. The molecule has 29 heavy (non-hydrogen) atoms. The molecule has 1 amide bonds. The van der Waals surface area contributed by atoms with Gasteiger partial charge in [-0.3, -0.25) is 19.1 Å². The Bertz CT molecular complexity index is 1110. The van der Waals surface area contributed by atoms with Crippen LogP contribution < -0.4 is 16.6 Å². The van der Waals surface area contributed by atoms with E-state index >= 15 is 0 Å². The molecule has 0 aliphatic carbocycles. The Morgan fingerprint density at radius 3 is 2.52 bits per heavy atom. The number of benzene rings is 1. The summed E-state index contributed by atoms with van der Waals surface area (Å²) in [6, 6.07) is 7.68. The van der Waals surface area contributed by atoms with Gasteiger partial charge in [-0.15, -0.1) is 0 Å². The summed E-state index contributed by atoms with van der Waals surface area (Å²) in [5, 5.41) is 2.93. The van der Waals surface area contributed by atoms with E-state index < -0.39 is 11.2 Å². The third-order valence-electron chi connectivity index (χ3n) is 4.90. The molecule has 154 valence electrons. The molecule has 3 aromatic rings.